The SMILES string of the molecule is O=c1c2ccccc2sc2ccc(SC3CC[NH2+]CC3)cc12.[Cl-]. The second-order valence-corrected chi connectivity index (χ2v) is 8.23. The Morgan fingerprint density at radius 1 is 1.00 bits per heavy atom. The lowest BCUT2D eigenvalue weighted by molar-refractivity contribution is -0.661. The number of nitrogens with two attached hydrogens (primary N) is 1. The molecule has 2 nitrogen and oxygen atoms in total. The van der Waals surface area contributed by atoms with Crippen LogP contribution in [0.15, 0.2) is 52.2 Å². The fourth-order valence-corrected chi connectivity index (χ4v) is 5.34. The van der Waals surface area contributed by atoms with Crippen LogP contribution in [0.5, 0.6) is 0 Å². The van der Waals surface area contributed by atoms with Crippen LogP contribution in [0.1, 0.15) is 12.8 Å². The highest BCUT2D eigenvalue weighted by atomic mass is 35.5. The van der Waals surface area contributed by atoms with Crippen molar-refractivity contribution in [2.45, 2.75) is 23.0 Å². The van der Waals surface area contributed by atoms with E-state index in [2.05, 4.69) is 23.5 Å². The highest BCUT2D eigenvalue weighted by molar-refractivity contribution is 8.00. The summed E-state index contributed by atoms with van der Waals surface area (Å²) in [5, 5.41) is 4.80. The van der Waals surface area contributed by atoms with Crippen LogP contribution in [0.3, 0.4) is 0 Å². The van der Waals surface area contributed by atoms with Crippen LogP contribution in [-0.4, -0.2) is 18.3 Å². The van der Waals surface area contributed by atoms with E-state index in [0.717, 1.165) is 20.2 Å². The number of quaternary nitrogens is 1. The number of benzene rings is 2. The molecule has 0 bridgehead atoms. The topological polar surface area (TPSA) is 33.7 Å². The van der Waals surface area contributed by atoms with Gasteiger partial charge in [-0.3, -0.25) is 4.79 Å². The summed E-state index contributed by atoms with van der Waals surface area (Å²) in [6.07, 6.45) is 2.51. The minimum atomic E-state index is 0. The van der Waals surface area contributed by atoms with E-state index < -0.39 is 0 Å². The molecule has 5 heteroatoms. The number of rotatable bonds is 2. The summed E-state index contributed by atoms with van der Waals surface area (Å²) in [6.45, 7) is 2.45. The Bertz CT molecular complexity index is 887. The van der Waals surface area contributed by atoms with Gasteiger partial charge < -0.3 is 17.7 Å². The van der Waals surface area contributed by atoms with E-state index in [9.17, 15) is 4.79 Å². The smallest absolute Gasteiger partial charge is 0.195 e. The number of halogens is 1. The van der Waals surface area contributed by atoms with Gasteiger partial charge in [-0.15, -0.1) is 23.1 Å². The van der Waals surface area contributed by atoms with Crippen molar-refractivity contribution in [1.82, 2.24) is 0 Å². The first-order chi connectivity index (χ1) is 10.8. The van der Waals surface area contributed by atoms with Crippen LogP contribution in [0, 0.1) is 0 Å². The van der Waals surface area contributed by atoms with Gasteiger partial charge in [0.05, 0.1) is 13.1 Å². The van der Waals surface area contributed by atoms with Crippen LogP contribution < -0.4 is 23.2 Å². The lowest BCUT2D eigenvalue weighted by Gasteiger charge is -2.19. The summed E-state index contributed by atoms with van der Waals surface area (Å²) < 4.78 is 2.16. The standard InChI is InChI=1S/C18H17NOS2.ClH/c20-18-14-3-1-2-4-16(14)22-17-6-5-13(11-15(17)18)21-12-7-9-19-10-8-12;/h1-6,11-12,19H,7-10H2;1H. The quantitative estimate of drug-likeness (QED) is 0.662. The summed E-state index contributed by atoms with van der Waals surface area (Å²) in [7, 11) is 0. The first-order valence-corrected chi connectivity index (χ1v) is 9.45. The molecule has 2 N–H and O–H groups in total. The minimum Gasteiger partial charge on any atom is -1.00 e. The lowest BCUT2D eigenvalue weighted by atomic mass is 10.2. The van der Waals surface area contributed by atoms with Gasteiger partial charge in [-0.05, 0) is 30.3 Å². The molecule has 3 aromatic rings. The highest BCUT2D eigenvalue weighted by Gasteiger charge is 2.17. The van der Waals surface area contributed by atoms with E-state index in [1.165, 1.54) is 30.8 Å². The fourth-order valence-electron chi connectivity index (χ4n) is 3.06. The van der Waals surface area contributed by atoms with Crippen LogP contribution in [0.2, 0.25) is 0 Å². The van der Waals surface area contributed by atoms with Crippen LogP contribution in [-0.2, 0) is 0 Å². The molecule has 0 saturated carbocycles. The molecule has 1 saturated heterocycles. The average Bonchev–Trinajstić information content (AvgIpc) is 2.57. The third-order valence-corrected chi connectivity index (χ3v) is 6.72. The van der Waals surface area contributed by atoms with Crippen molar-refractivity contribution in [3.8, 4) is 0 Å². The summed E-state index contributed by atoms with van der Waals surface area (Å²) in [5.74, 6) is 0. The largest absolute Gasteiger partial charge is 1.00 e. The zero-order chi connectivity index (χ0) is 14.9. The molecule has 1 aliphatic heterocycles. The third-order valence-electron chi connectivity index (χ3n) is 4.24. The molecule has 0 atom stereocenters. The van der Waals surface area contributed by atoms with Gasteiger partial charge in [-0.25, -0.2) is 0 Å². The molecule has 0 amide bonds. The van der Waals surface area contributed by atoms with E-state index in [0.29, 0.717) is 5.25 Å². The van der Waals surface area contributed by atoms with Crippen molar-refractivity contribution < 1.29 is 17.7 Å². The Morgan fingerprint density at radius 3 is 2.57 bits per heavy atom. The highest BCUT2D eigenvalue weighted by Crippen LogP contribution is 2.32. The van der Waals surface area contributed by atoms with Gasteiger partial charge in [-0.2, -0.15) is 0 Å². The molecule has 1 aromatic heterocycles. The van der Waals surface area contributed by atoms with E-state index in [4.69, 9.17) is 0 Å². The van der Waals surface area contributed by atoms with Crippen LogP contribution in [0.4, 0.5) is 0 Å². The summed E-state index contributed by atoms with van der Waals surface area (Å²) in [5.41, 5.74) is 0.170. The van der Waals surface area contributed by atoms with E-state index in [1.54, 1.807) is 11.3 Å². The number of thioether (sulfide) groups is 1. The molecule has 4 rings (SSSR count). The van der Waals surface area contributed by atoms with E-state index >= 15 is 0 Å². The Kier molecular flexibility index (Phi) is 5.27. The Labute approximate surface area is 149 Å². The molecule has 0 radical (unpaired) electrons. The number of fused-ring (bicyclic) bond motifs is 2. The Balaban J connectivity index is 0.00000156. The van der Waals surface area contributed by atoms with Crippen molar-refractivity contribution in [3.63, 3.8) is 0 Å². The zero-order valence-electron chi connectivity index (χ0n) is 12.6. The van der Waals surface area contributed by atoms with Gasteiger partial charge in [0.25, 0.3) is 0 Å². The van der Waals surface area contributed by atoms with E-state index in [-0.39, 0.29) is 17.8 Å². The molecule has 0 spiro atoms. The number of hydrogen-bond acceptors (Lipinski definition) is 3. The maximum atomic E-state index is 12.7. The normalized spacial score (nSPS) is 15.7. The van der Waals surface area contributed by atoms with Crippen molar-refractivity contribution in [1.29, 1.82) is 0 Å². The van der Waals surface area contributed by atoms with Gasteiger partial charge in [0.1, 0.15) is 0 Å². The average molecular weight is 364 g/mol. The molecule has 23 heavy (non-hydrogen) atoms. The van der Waals surface area contributed by atoms with Crippen molar-refractivity contribution in [2.75, 3.05) is 13.1 Å². The molecule has 1 fully saturated rings. The summed E-state index contributed by atoms with van der Waals surface area (Å²) in [4.78, 5) is 14.0. The number of piperidine rings is 1. The van der Waals surface area contributed by atoms with Crippen molar-refractivity contribution >= 4 is 43.3 Å². The summed E-state index contributed by atoms with van der Waals surface area (Å²) >= 11 is 3.65. The molecule has 2 aromatic carbocycles. The summed E-state index contributed by atoms with van der Waals surface area (Å²) in [6, 6.07) is 14.3. The van der Waals surface area contributed by atoms with Crippen molar-refractivity contribution in [2.24, 2.45) is 0 Å². The second kappa shape index (κ2) is 7.22. The molecular weight excluding hydrogens is 346 g/mol. The van der Waals surface area contributed by atoms with Gasteiger partial charge in [-0.1, -0.05) is 12.1 Å². The minimum absolute atomic E-state index is 0. The van der Waals surface area contributed by atoms with Crippen LogP contribution >= 0.6 is 23.1 Å². The first-order valence-electron chi connectivity index (χ1n) is 7.75. The molecule has 2 heterocycles. The second-order valence-electron chi connectivity index (χ2n) is 5.77. The maximum Gasteiger partial charge on any atom is 0.195 e. The van der Waals surface area contributed by atoms with Gasteiger partial charge in [0.15, 0.2) is 5.43 Å². The van der Waals surface area contributed by atoms with Gasteiger partial charge >= 0.3 is 0 Å². The van der Waals surface area contributed by atoms with Crippen molar-refractivity contribution in [3.05, 3.63) is 52.7 Å². The Hall–Kier alpha value is -1.07. The molecule has 0 aliphatic carbocycles. The van der Waals surface area contributed by atoms with Crippen LogP contribution in [0.25, 0.3) is 20.2 Å². The predicted molar refractivity (Wildman–Crippen MR) is 96.1 cm³/mol. The monoisotopic (exact) mass is 363 g/mol. The zero-order valence-corrected chi connectivity index (χ0v) is 15.0. The third kappa shape index (κ3) is 3.41. The predicted octanol–water partition coefficient (Wildman–Crippen LogP) is 0.237. The molecule has 0 unspecified atom stereocenters. The van der Waals surface area contributed by atoms with E-state index in [1.807, 2.05) is 36.0 Å². The molecule has 120 valence electrons. The molecule has 1 aliphatic rings. The first kappa shape index (κ1) is 16.8. The van der Waals surface area contributed by atoms with Gasteiger partial charge in [0, 0.05) is 43.2 Å². The molecular formula is C18H18ClNOS2. The number of hydrogen-bond donors (Lipinski definition) is 1. The maximum absolute atomic E-state index is 12.7. The fraction of sp³-hybridized carbons (Fsp3) is 0.278. The van der Waals surface area contributed by atoms with Gasteiger partial charge in [0.2, 0.25) is 0 Å². The Morgan fingerprint density at radius 2 is 1.74 bits per heavy atom. The lowest BCUT2D eigenvalue weighted by Crippen LogP contribution is -3.00.